The minimum absolute atomic E-state index is 0. The first-order chi connectivity index (χ1) is 27.8. The highest BCUT2D eigenvalue weighted by molar-refractivity contribution is 5.89. The van der Waals surface area contributed by atoms with E-state index in [1.165, 1.54) is 181 Å². The molecule has 0 unspecified atom stereocenters. The van der Waals surface area contributed by atoms with Gasteiger partial charge < -0.3 is 9.13 Å². The van der Waals surface area contributed by atoms with Gasteiger partial charge in [-0.15, -0.1) is 0 Å². The molecular formula is C55H91N3. The normalized spacial score (nSPS) is 10.7. The van der Waals surface area contributed by atoms with Crippen LogP contribution in [-0.2, 0) is 14.1 Å². The highest BCUT2D eigenvalue weighted by atomic mass is 15.0. The molecule has 2 aromatic carbocycles. The van der Waals surface area contributed by atoms with Gasteiger partial charge >= 0.3 is 0 Å². The van der Waals surface area contributed by atoms with Crippen LogP contribution in [0.25, 0.3) is 44.6 Å². The van der Waals surface area contributed by atoms with Gasteiger partial charge in [0, 0.05) is 35.9 Å². The zero-order valence-corrected chi connectivity index (χ0v) is 39.0. The van der Waals surface area contributed by atoms with E-state index in [-0.39, 0.29) is 7.43 Å². The minimum atomic E-state index is 0. The molecule has 3 aromatic heterocycles. The van der Waals surface area contributed by atoms with Gasteiger partial charge in [-0.05, 0) is 55.3 Å². The molecule has 0 spiro atoms. The summed E-state index contributed by atoms with van der Waals surface area (Å²) in [7, 11) is 4.24. The first kappa shape index (κ1) is 52.7. The monoisotopic (exact) mass is 794 g/mol. The van der Waals surface area contributed by atoms with Crippen LogP contribution in [-0.4, -0.2) is 14.1 Å². The molecule has 58 heavy (non-hydrogen) atoms. The molecule has 5 rings (SSSR count). The molecule has 0 bridgehead atoms. The lowest BCUT2D eigenvalue weighted by Gasteiger charge is -2.13. The molecular weight excluding hydrogens is 703 g/mol. The zero-order valence-electron chi connectivity index (χ0n) is 39.0. The van der Waals surface area contributed by atoms with Crippen LogP contribution < -0.4 is 0 Å². The van der Waals surface area contributed by atoms with E-state index in [4.69, 9.17) is 4.98 Å². The Balaban J connectivity index is 0.000000467. The standard InChI is InChI=1S/C25H23N3.C12H26.C9H20.C8H18.CH4/c1-16-13-20(23-14-18-9-5-7-11-21(18)27(23)3)26-25(17(16)2)24-15-19-10-6-8-12-22(19)28(24)4;1-3-5-7-9-11-12-10-8-6-4-2;1-3-5-7-9-8-6-4-2;1-3-5-7-8-6-4-2;/h5-15H,1-4H3;3-12H2,1-2H3;3-9H2,1-2H3;3-8H2,1-2H3;1H4. The number of rotatable bonds is 22. The third kappa shape index (κ3) is 18.7. The Labute approximate surface area is 359 Å². The quantitative estimate of drug-likeness (QED) is 0.0640. The summed E-state index contributed by atoms with van der Waals surface area (Å²) in [5.41, 5.74) is 9.31. The molecule has 0 saturated heterocycles. The van der Waals surface area contributed by atoms with Gasteiger partial charge in [0.25, 0.3) is 0 Å². The first-order valence-corrected chi connectivity index (χ1v) is 23.9. The van der Waals surface area contributed by atoms with Crippen molar-refractivity contribution in [2.45, 2.75) is 210 Å². The summed E-state index contributed by atoms with van der Waals surface area (Å²) in [6.07, 6.45) is 32.9. The molecule has 0 radical (unpaired) electrons. The van der Waals surface area contributed by atoms with E-state index in [9.17, 15) is 0 Å². The number of hydrogen-bond acceptors (Lipinski definition) is 1. The smallest absolute Gasteiger partial charge is 0.0906 e. The van der Waals surface area contributed by atoms with Crippen molar-refractivity contribution in [3.8, 4) is 22.8 Å². The van der Waals surface area contributed by atoms with Crippen LogP contribution >= 0.6 is 0 Å². The largest absolute Gasteiger partial charge is 0.342 e. The number of para-hydroxylation sites is 2. The summed E-state index contributed by atoms with van der Waals surface area (Å²) in [4.78, 5) is 5.14. The Hall–Kier alpha value is -3.33. The summed E-state index contributed by atoms with van der Waals surface area (Å²) >= 11 is 0. The van der Waals surface area contributed by atoms with Crippen molar-refractivity contribution in [1.82, 2.24) is 14.1 Å². The molecule has 326 valence electrons. The van der Waals surface area contributed by atoms with Crippen LogP contribution in [0.15, 0.2) is 66.7 Å². The van der Waals surface area contributed by atoms with Gasteiger partial charge in [-0.25, -0.2) is 4.98 Å². The van der Waals surface area contributed by atoms with Crippen molar-refractivity contribution in [3.05, 3.63) is 77.9 Å². The Morgan fingerprint density at radius 2 is 0.724 bits per heavy atom. The molecule has 3 heterocycles. The predicted octanol–water partition coefficient (Wildman–Crippen LogP) is 18.7. The van der Waals surface area contributed by atoms with Gasteiger partial charge in [0.2, 0.25) is 0 Å². The van der Waals surface area contributed by atoms with E-state index in [0.717, 1.165) is 22.8 Å². The average Bonchev–Trinajstić information content (AvgIpc) is 3.75. The third-order valence-corrected chi connectivity index (χ3v) is 11.6. The molecule has 0 aliphatic carbocycles. The number of aromatic nitrogens is 3. The number of aryl methyl sites for hydroxylation is 3. The number of unbranched alkanes of at least 4 members (excludes halogenated alkanes) is 20. The fourth-order valence-corrected chi connectivity index (χ4v) is 7.61. The van der Waals surface area contributed by atoms with Crippen molar-refractivity contribution in [3.63, 3.8) is 0 Å². The third-order valence-electron chi connectivity index (χ3n) is 11.6. The maximum Gasteiger partial charge on any atom is 0.0906 e. The van der Waals surface area contributed by atoms with Gasteiger partial charge in [-0.1, -0.05) is 233 Å². The number of nitrogens with zero attached hydrogens (tertiary/aromatic N) is 3. The average molecular weight is 794 g/mol. The van der Waals surface area contributed by atoms with Crippen LogP contribution in [0.2, 0.25) is 0 Å². The first-order valence-electron chi connectivity index (χ1n) is 23.9. The van der Waals surface area contributed by atoms with E-state index >= 15 is 0 Å². The second kappa shape index (κ2) is 32.5. The van der Waals surface area contributed by atoms with E-state index in [1.54, 1.807) is 0 Å². The SMILES string of the molecule is C.CCCCCCCC.CCCCCCCCC.CCCCCCCCCCCC.Cc1cc(-c2cc3ccccc3n2C)nc(-c2cc3ccccc3n2C)c1C. The van der Waals surface area contributed by atoms with Crippen LogP contribution in [0.1, 0.15) is 208 Å². The lowest BCUT2D eigenvalue weighted by atomic mass is 10.0. The van der Waals surface area contributed by atoms with Crippen molar-refractivity contribution >= 4 is 21.8 Å². The van der Waals surface area contributed by atoms with Crippen molar-refractivity contribution in [2.24, 2.45) is 14.1 Å². The molecule has 3 heteroatoms. The second-order valence-electron chi connectivity index (χ2n) is 16.6. The second-order valence-corrected chi connectivity index (χ2v) is 16.6. The number of hydrogen-bond donors (Lipinski definition) is 0. The van der Waals surface area contributed by atoms with E-state index < -0.39 is 0 Å². The van der Waals surface area contributed by atoms with E-state index in [0.29, 0.717) is 0 Å². The predicted molar refractivity (Wildman–Crippen MR) is 265 cm³/mol. The molecule has 0 aliphatic rings. The number of pyridine rings is 1. The fourth-order valence-electron chi connectivity index (χ4n) is 7.61. The topological polar surface area (TPSA) is 22.8 Å². The highest BCUT2D eigenvalue weighted by Crippen LogP contribution is 2.33. The highest BCUT2D eigenvalue weighted by Gasteiger charge is 2.17. The van der Waals surface area contributed by atoms with Crippen LogP contribution in [0, 0.1) is 13.8 Å². The van der Waals surface area contributed by atoms with Gasteiger partial charge in [-0.2, -0.15) is 0 Å². The summed E-state index contributed by atoms with van der Waals surface area (Å²) in [5.74, 6) is 0. The fraction of sp³-hybridized carbons (Fsp3) is 0.618. The minimum Gasteiger partial charge on any atom is -0.342 e. The molecule has 0 amide bonds. The van der Waals surface area contributed by atoms with Gasteiger partial charge in [0.1, 0.15) is 0 Å². The van der Waals surface area contributed by atoms with Crippen molar-refractivity contribution in [1.29, 1.82) is 0 Å². The molecule has 0 fully saturated rings. The maximum absolute atomic E-state index is 5.14. The molecule has 0 N–H and O–H groups in total. The summed E-state index contributed by atoms with van der Waals surface area (Å²) in [5, 5.41) is 2.49. The van der Waals surface area contributed by atoms with Crippen LogP contribution in [0.4, 0.5) is 0 Å². The zero-order chi connectivity index (χ0) is 41.7. The maximum atomic E-state index is 5.14. The summed E-state index contributed by atoms with van der Waals surface area (Å²) in [6.45, 7) is 17.9. The molecule has 0 atom stereocenters. The van der Waals surface area contributed by atoms with Crippen LogP contribution in [0.3, 0.4) is 0 Å². The Morgan fingerprint density at radius 3 is 1.07 bits per heavy atom. The number of fused-ring (bicyclic) bond motifs is 2. The van der Waals surface area contributed by atoms with Crippen molar-refractivity contribution < 1.29 is 0 Å². The van der Waals surface area contributed by atoms with Gasteiger partial charge in [0.05, 0.1) is 22.8 Å². The Morgan fingerprint density at radius 1 is 0.414 bits per heavy atom. The molecule has 5 aromatic rings. The Kier molecular flexibility index (Phi) is 29.5. The van der Waals surface area contributed by atoms with Crippen LogP contribution in [0.5, 0.6) is 0 Å². The Bertz CT molecular complexity index is 1720. The van der Waals surface area contributed by atoms with E-state index in [1.807, 2.05) is 0 Å². The summed E-state index contributed by atoms with van der Waals surface area (Å²) < 4.78 is 4.48. The van der Waals surface area contributed by atoms with Crippen molar-refractivity contribution in [2.75, 3.05) is 0 Å². The molecule has 3 nitrogen and oxygen atoms in total. The summed E-state index contributed by atoms with van der Waals surface area (Å²) in [6, 6.07) is 23.7. The van der Waals surface area contributed by atoms with Gasteiger partial charge in [-0.3, -0.25) is 0 Å². The number of benzene rings is 2. The molecule has 0 aliphatic heterocycles. The van der Waals surface area contributed by atoms with E-state index in [2.05, 4.69) is 145 Å². The molecule has 0 saturated carbocycles. The lowest BCUT2D eigenvalue weighted by molar-refractivity contribution is 0.562. The van der Waals surface area contributed by atoms with Gasteiger partial charge in [0.15, 0.2) is 0 Å². The lowest BCUT2D eigenvalue weighted by Crippen LogP contribution is -2.01.